The van der Waals surface area contributed by atoms with Crippen molar-refractivity contribution in [3.63, 3.8) is 0 Å². The number of sulfonamides is 1. The Hall–Kier alpha value is -3.57. The van der Waals surface area contributed by atoms with Crippen LogP contribution in [0.3, 0.4) is 0 Å². The van der Waals surface area contributed by atoms with Gasteiger partial charge in [-0.15, -0.1) is 0 Å². The SMILES string of the molecule is CCOc1ccc(N(CC(=O)N(Cc2ccc(OC)cc2)C(C)C(=O)NC2CCCC2)S(=O)(=O)c2ccc(Br)cc2)cc1. The molecule has 4 rings (SSSR count). The number of nitrogens with zero attached hydrogens (tertiary/aromatic N) is 2. The molecular weight excluding hydrogens is 634 g/mol. The van der Waals surface area contributed by atoms with Crippen molar-refractivity contribution < 1.29 is 27.5 Å². The van der Waals surface area contributed by atoms with Gasteiger partial charge >= 0.3 is 0 Å². The Kier molecular flexibility index (Phi) is 11.1. The number of benzene rings is 3. The molecule has 3 aromatic rings. The van der Waals surface area contributed by atoms with Crippen molar-refractivity contribution in [1.29, 1.82) is 0 Å². The maximum atomic E-state index is 14.1. The van der Waals surface area contributed by atoms with Gasteiger partial charge in [0.05, 0.1) is 24.3 Å². The highest BCUT2D eigenvalue weighted by Gasteiger charge is 2.33. The Morgan fingerprint density at radius 2 is 1.56 bits per heavy atom. The molecule has 0 saturated heterocycles. The number of rotatable bonds is 13. The van der Waals surface area contributed by atoms with Crippen molar-refractivity contribution >= 4 is 43.5 Å². The molecule has 1 N–H and O–H groups in total. The van der Waals surface area contributed by atoms with Crippen LogP contribution in [0.5, 0.6) is 11.5 Å². The lowest BCUT2D eigenvalue weighted by Crippen LogP contribution is -2.52. The molecule has 11 heteroatoms. The van der Waals surface area contributed by atoms with Crippen LogP contribution >= 0.6 is 15.9 Å². The van der Waals surface area contributed by atoms with Gasteiger partial charge in [0, 0.05) is 17.1 Å². The van der Waals surface area contributed by atoms with Gasteiger partial charge in [-0.1, -0.05) is 40.9 Å². The lowest BCUT2D eigenvalue weighted by atomic mass is 10.1. The van der Waals surface area contributed by atoms with E-state index in [1.807, 2.05) is 19.1 Å². The number of amides is 2. The first-order chi connectivity index (χ1) is 20.6. The second-order valence-corrected chi connectivity index (χ2v) is 13.2. The Balaban J connectivity index is 1.68. The molecule has 0 aromatic heterocycles. The van der Waals surface area contributed by atoms with Crippen LogP contribution < -0.4 is 19.1 Å². The Morgan fingerprint density at radius 1 is 0.953 bits per heavy atom. The van der Waals surface area contributed by atoms with Gasteiger partial charge in [0.1, 0.15) is 24.1 Å². The van der Waals surface area contributed by atoms with Crippen LogP contribution in [0.4, 0.5) is 5.69 Å². The highest BCUT2D eigenvalue weighted by Crippen LogP contribution is 2.28. The second kappa shape index (κ2) is 14.7. The van der Waals surface area contributed by atoms with Gasteiger partial charge in [0.2, 0.25) is 11.8 Å². The summed E-state index contributed by atoms with van der Waals surface area (Å²) in [6, 6.07) is 19.2. The fraction of sp³-hybridized carbons (Fsp3) is 0.375. The smallest absolute Gasteiger partial charge is 0.264 e. The van der Waals surface area contributed by atoms with Gasteiger partial charge in [0.15, 0.2) is 0 Å². The molecule has 3 aromatic carbocycles. The Bertz CT molecular complexity index is 1470. The van der Waals surface area contributed by atoms with Crippen molar-refractivity contribution in [2.45, 2.75) is 63.1 Å². The van der Waals surface area contributed by atoms with Gasteiger partial charge in [-0.2, -0.15) is 0 Å². The van der Waals surface area contributed by atoms with E-state index >= 15 is 0 Å². The van der Waals surface area contributed by atoms with E-state index in [1.54, 1.807) is 62.6 Å². The number of nitrogens with one attached hydrogen (secondary N) is 1. The van der Waals surface area contributed by atoms with E-state index in [0.717, 1.165) is 40.0 Å². The molecule has 0 radical (unpaired) electrons. The van der Waals surface area contributed by atoms with E-state index in [4.69, 9.17) is 9.47 Å². The van der Waals surface area contributed by atoms with Crippen LogP contribution in [-0.4, -0.2) is 57.5 Å². The molecule has 0 aliphatic heterocycles. The third kappa shape index (κ3) is 8.29. The predicted octanol–water partition coefficient (Wildman–Crippen LogP) is 5.53. The summed E-state index contributed by atoms with van der Waals surface area (Å²) in [6.07, 6.45) is 3.92. The molecule has 0 bridgehead atoms. The van der Waals surface area contributed by atoms with Crippen molar-refractivity contribution in [1.82, 2.24) is 10.2 Å². The van der Waals surface area contributed by atoms with E-state index in [1.165, 1.54) is 17.0 Å². The summed E-state index contributed by atoms with van der Waals surface area (Å²) in [5.41, 5.74) is 1.07. The topological polar surface area (TPSA) is 105 Å². The van der Waals surface area contributed by atoms with Gasteiger partial charge in [-0.05, 0) is 92.9 Å². The fourth-order valence-corrected chi connectivity index (χ4v) is 6.72. The third-order valence-electron chi connectivity index (χ3n) is 7.50. The molecule has 9 nitrogen and oxygen atoms in total. The Labute approximate surface area is 262 Å². The first-order valence-corrected chi connectivity index (χ1v) is 16.6. The summed E-state index contributed by atoms with van der Waals surface area (Å²) in [5.74, 6) is 0.462. The standard InChI is InChI=1S/C32H38BrN3O6S/c1-4-42-29-17-13-27(14-18-29)36(43(39,40)30-19-11-25(33)12-20-30)22-31(37)35(21-24-9-15-28(41-3)16-10-24)23(2)32(38)34-26-7-5-6-8-26/h9-20,23,26H,4-8,21-22H2,1-3H3,(H,34,38). The van der Waals surface area contributed by atoms with Crippen LogP contribution in [0, 0.1) is 0 Å². The highest BCUT2D eigenvalue weighted by molar-refractivity contribution is 9.10. The van der Waals surface area contributed by atoms with Crippen molar-refractivity contribution in [2.75, 3.05) is 24.6 Å². The summed E-state index contributed by atoms with van der Waals surface area (Å²) in [5, 5.41) is 3.08. The van der Waals surface area contributed by atoms with E-state index in [0.29, 0.717) is 23.8 Å². The molecular formula is C32H38BrN3O6S. The van der Waals surface area contributed by atoms with Gasteiger partial charge in [-0.3, -0.25) is 13.9 Å². The third-order valence-corrected chi connectivity index (χ3v) is 9.81. The van der Waals surface area contributed by atoms with Crippen molar-refractivity contribution in [2.24, 2.45) is 0 Å². The van der Waals surface area contributed by atoms with Crippen molar-refractivity contribution in [3.8, 4) is 11.5 Å². The number of anilines is 1. The minimum absolute atomic E-state index is 0.0334. The molecule has 1 aliphatic carbocycles. The van der Waals surface area contributed by atoms with E-state index in [-0.39, 0.29) is 23.4 Å². The van der Waals surface area contributed by atoms with E-state index in [2.05, 4.69) is 21.2 Å². The molecule has 1 fully saturated rings. The molecule has 1 atom stereocenters. The lowest BCUT2D eigenvalue weighted by molar-refractivity contribution is -0.139. The number of hydrogen-bond donors (Lipinski definition) is 1. The number of carbonyl (C=O) groups is 2. The normalized spacial score (nSPS) is 14.1. The molecule has 43 heavy (non-hydrogen) atoms. The maximum absolute atomic E-state index is 14.1. The number of ether oxygens (including phenoxy) is 2. The molecule has 1 aliphatic rings. The first kappa shape index (κ1) is 32.3. The van der Waals surface area contributed by atoms with E-state index < -0.39 is 28.5 Å². The number of carbonyl (C=O) groups excluding carboxylic acids is 2. The molecule has 230 valence electrons. The quantitative estimate of drug-likeness (QED) is 0.256. The maximum Gasteiger partial charge on any atom is 0.264 e. The zero-order valence-corrected chi connectivity index (χ0v) is 27.1. The summed E-state index contributed by atoms with van der Waals surface area (Å²) >= 11 is 3.35. The zero-order valence-electron chi connectivity index (χ0n) is 24.7. The summed E-state index contributed by atoms with van der Waals surface area (Å²) in [7, 11) is -2.59. The molecule has 1 saturated carbocycles. The largest absolute Gasteiger partial charge is 0.497 e. The molecule has 2 amide bonds. The molecule has 0 spiro atoms. The van der Waals surface area contributed by atoms with Crippen LogP contribution in [-0.2, 0) is 26.2 Å². The van der Waals surface area contributed by atoms with E-state index in [9.17, 15) is 18.0 Å². The number of methoxy groups -OCH3 is 1. The first-order valence-electron chi connectivity index (χ1n) is 14.4. The predicted molar refractivity (Wildman–Crippen MR) is 170 cm³/mol. The minimum Gasteiger partial charge on any atom is -0.497 e. The van der Waals surface area contributed by atoms with Gasteiger partial charge in [0.25, 0.3) is 10.0 Å². The van der Waals surface area contributed by atoms with Crippen LogP contribution in [0.25, 0.3) is 0 Å². The van der Waals surface area contributed by atoms with Gasteiger partial charge in [-0.25, -0.2) is 8.42 Å². The van der Waals surface area contributed by atoms with Crippen molar-refractivity contribution in [3.05, 3.63) is 82.8 Å². The summed E-state index contributed by atoms with van der Waals surface area (Å²) in [6.45, 7) is 3.59. The number of halogens is 1. The zero-order chi connectivity index (χ0) is 31.0. The van der Waals surface area contributed by atoms with Crippen LogP contribution in [0.2, 0.25) is 0 Å². The second-order valence-electron chi connectivity index (χ2n) is 10.4. The summed E-state index contributed by atoms with van der Waals surface area (Å²) < 4.78 is 40.6. The minimum atomic E-state index is -4.16. The van der Waals surface area contributed by atoms with Crippen LogP contribution in [0.15, 0.2) is 82.2 Å². The number of hydrogen-bond acceptors (Lipinski definition) is 6. The molecule has 0 heterocycles. The average molecular weight is 673 g/mol. The summed E-state index contributed by atoms with van der Waals surface area (Å²) in [4.78, 5) is 29.0. The highest BCUT2D eigenvalue weighted by atomic mass is 79.9. The average Bonchev–Trinajstić information content (AvgIpc) is 3.52. The van der Waals surface area contributed by atoms with Gasteiger partial charge < -0.3 is 19.7 Å². The van der Waals surface area contributed by atoms with Crippen LogP contribution in [0.1, 0.15) is 45.1 Å². The Morgan fingerprint density at radius 3 is 2.14 bits per heavy atom. The fourth-order valence-electron chi connectivity index (χ4n) is 5.04. The lowest BCUT2D eigenvalue weighted by Gasteiger charge is -2.32. The molecule has 1 unspecified atom stereocenters. The monoisotopic (exact) mass is 671 g/mol.